The number of nitrogens with zero attached hydrogens (tertiary/aromatic N) is 2. The minimum absolute atomic E-state index is 0.0952. The summed E-state index contributed by atoms with van der Waals surface area (Å²) in [4.78, 5) is 28.6. The van der Waals surface area contributed by atoms with Crippen LogP contribution in [0, 0.1) is 6.92 Å². The highest BCUT2D eigenvalue weighted by Crippen LogP contribution is 2.23. The summed E-state index contributed by atoms with van der Waals surface area (Å²) in [5, 5.41) is 0.782. The molecule has 0 atom stereocenters. The molecule has 154 valence electrons. The van der Waals surface area contributed by atoms with Crippen LogP contribution >= 0.6 is 23.2 Å². The van der Waals surface area contributed by atoms with E-state index in [-0.39, 0.29) is 11.8 Å². The SMILES string of the molecule is Cc1ccc(OCCCC(=O)N2CCN(C(=O)c3ccc(Cl)c(Cl)c3)CC2)cc1. The number of aryl methyl sites for hydroxylation is 1. The Balaban J connectivity index is 1.40. The highest BCUT2D eigenvalue weighted by atomic mass is 35.5. The summed E-state index contributed by atoms with van der Waals surface area (Å²) in [7, 11) is 0. The molecule has 0 unspecified atom stereocenters. The molecule has 0 radical (unpaired) electrons. The maximum Gasteiger partial charge on any atom is 0.254 e. The Kier molecular flexibility index (Phi) is 7.40. The van der Waals surface area contributed by atoms with Crippen LogP contribution < -0.4 is 4.74 Å². The van der Waals surface area contributed by atoms with E-state index in [1.807, 2.05) is 36.1 Å². The summed E-state index contributed by atoms with van der Waals surface area (Å²) in [5.74, 6) is 0.818. The third-order valence-corrected chi connectivity index (χ3v) is 5.65. The first-order valence-electron chi connectivity index (χ1n) is 9.65. The van der Waals surface area contributed by atoms with Gasteiger partial charge in [-0.05, 0) is 43.7 Å². The van der Waals surface area contributed by atoms with Gasteiger partial charge in [-0.15, -0.1) is 0 Å². The van der Waals surface area contributed by atoms with Crippen LogP contribution in [0.4, 0.5) is 0 Å². The van der Waals surface area contributed by atoms with Crippen molar-refractivity contribution in [2.45, 2.75) is 19.8 Å². The highest BCUT2D eigenvalue weighted by molar-refractivity contribution is 6.42. The highest BCUT2D eigenvalue weighted by Gasteiger charge is 2.24. The number of hydrogen-bond acceptors (Lipinski definition) is 3. The van der Waals surface area contributed by atoms with Crippen molar-refractivity contribution in [3.63, 3.8) is 0 Å². The van der Waals surface area contributed by atoms with Crippen molar-refractivity contribution in [1.82, 2.24) is 9.80 Å². The quantitative estimate of drug-likeness (QED) is 0.631. The molecule has 1 saturated heterocycles. The van der Waals surface area contributed by atoms with E-state index >= 15 is 0 Å². The second kappa shape index (κ2) is 9.99. The van der Waals surface area contributed by atoms with Crippen LogP contribution in [-0.4, -0.2) is 54.4 Å². The molecule has 0 saturated carbocycles. The number of amides is 2. The molecule has 0 N–H and O–H groups in total. The zero-order chi connectivity index (χ0) is 20.8. The van der Waals surface area contributed by atoms with Crippen LogP contribution in [0.15, 0.2) is 42.5 Å². The number of hydrogen-bond donors (Lipinski definition) is 0. The number of ether oxygens (including phenoxy) is 1. The molecule has 1 heterocycles. The molecule has 2 amide bonds. The molecule has 0 spiro atoms. The summed E-state index contributed by atoms with van der Waals surface area (Å²) in [6.07, 6.45) is 1.10. The Bertz CT molecular complexity index is 863. The van der Waals surface area contributed by atoms with Crippen molar-refractivity contribution in [2.24, 2.45) is 0 Å². The van der Waals surface area contributed by atoms with E-state index in [0.717, 1.165) is 5.75 Å². The number of rotatable bonds is 6. The lowest BCUT2D eigenvalue weighted by molar-refractivity contribution is -0.132. The minimum atomic E-state index is -0.0952. The van der Waals surface area contributed by atoms with Gasteiger partial charge < -0.3 is 14.5 Å². The molecule has 7 heteroatoms. The van der Waals surface area contributed by atoms with Gasteiger partial charge >= 0.3 is 0 Å². The van der Waals surface area contributed by atoms with Crippen molar-refractivity contribution in [2.75, 3.05) is 32.8 Å². The lowest BCUT2D eigenvalue weighted by Crippen LogP contribution is -2.50. The van der Waals surface area contributed by atoms with E-state index < -0.39 is 0 Å². The fraction of sp³-hybridized carbons (Fsp3) is 0.364. The van der Waals surface area contributed by atoms with E-state index in [2.05, 4.69) is 0 Å². The summed E-state index contributed by atoms with van der Waals surface area (Å²) in [5.41, 5.74) is 1.69. The second-order valence-corrected chi connectivity index (χ2v) is 7.88. The molecule has 1 fully saturated rings. The minimum Gasteiger partial charge on any atom is -0.494 e. The fourth-order valence-corrected chi connectivity index (χ4v) is 3.47. The summed E-state index contributed by atoms with van der Waals surface area (Å²) in [6.45, 7) is 4.61. The van der Waals surface area contributed by atoms with Gasteiger partial charge in [-0.25, -0.2) is 0 Å². The normalized spacial score (nSPS) is 14.0. The van der Waals surface area contributed by atoms with Crippen molar-refractivity contribution in [3.8, 4) is 5.75 Å². The zero-order valence-electron chi connectivity index (χ0n) is 16.4. The molecular weight excluding hydrogens is 411 g/mol. The fourth-order valence-electron chi connectivity index (χ4n) is 3.18. The molecule has 29 heavy (non-hydrogen) atoms. The molecule has 0 aromatic heterocycles. The number of piperazine rings is 1. The first kappa shape index (κ1) is 21.5. The maximum absolute atomic E-state index is 12.6. The Labute approximate surface area is 181 Å². The third-order valence-electron chi connectivity index (χ3n) is 4.91. The number of benzene rings is 2. The van der Waals surface area contributed by atoms with Gasteiger partial charge in [0.15, 0.2) is 0 Å². The Morgan fingerprint density at radius 3 is 2.24 bits per heavy atom. The van der Waals surface area contributed by atoms with Gasteiger partial charge in [-0.2, -0.15) is 0 Å². The summed E-state index contributed by atoms with van der Waals surface area (Å²) in [6, 6.07) is 12.7. The second-order valence-electron chi connectivity index (χ2n) is 7.07. The number of carbonyl (C=O) groups excluding carboxylic acids is 2. The molecular formula is C22H24Cl2N2O3. The van der Waals surface area contributed by atoms with Crippen molar-refractivity contribution >= 4 is 35.0 Å². The predicted molar refractivity (Wildman–Crippen MR) is 115 cm³/mol. The predicted octanol–water partition coefficient (Wildman–Crippen LogP) is 4.45. The largest absolute Gasteiger partial charge is 0.494 e. The standard InChI is InChI=1S/C22H24Cl2N2O3/c1-16-4-7-18(8-5-16)29-14-2-3-21(27)25-10-12-26(13-11-25)22(28)17-6-9-19(23)20(24)15-17/h4-9,15H,2-3,10-14H2,1H3. The van der Waals surface area contributed by atoms with E-state index in [9.17, 15) is 9.59 Å². The van der Waals surface area contributed by atoms with Crippen LogP contribution in [-0.2, 0) is 4.79 Å². The van der Waals surface area contributed by atoms with E-state index in [1.54, 1.807) is 23.1 Å². The number of halogens is 2. The monoisotopic (exact) mass is 434 g/mol. The zero-order valence-corrected chi connectivity index (χ0v) is 17.9. The average molecular weight is 435 g/mol. The Morgan fingerprint density at radius 1 is 0.931 bits per heavy atom. The van der Waals surface area contributed by atoms with Gasteiger partial charge in [0.05, 0.1) is 16.7 Å². The van der Waals surface area contributed by atoms with Crippen molar-refractivity contribution in [1.29, 1.82) is 0 Å². The Morgan fingerprint density at radius 2 is 1.59 bits per heavy atom. The summed E-state index contributed by atoms with van der Waals surface area (Å²) >= 11 is 11.9. The van der Waals surface area contributed by atoms with Crippen LogP contribution in [0.5, 0.6) is 5.75 Å². The lowest BCUT2D eigenvalue weighted by atomic mass is 10.1. The van der Waals surface area contributed by atoms with Crippen LogP contribution in [0.1, 0.15) is 28.8 Å². The smallest absolute Gasteiger partial charge is 0.254 e. The molecule has 0 bridgehead atoms. The Hall–Kier alpha value is -2.24. The van der Waals surface area contributed by atoms with Gasteiger partial charge in [-0.1, -0.05) is 40.9 Å². The third kappa shape index (κ3) is 5.87. The molecule has 1 aliphatic rings. The van der Waals surface area contributed by atoms with Crippen LogP contribution in [0.3, 0.4) is 0 Å². The van der Waals surface area contributed by atoms with E-state index in [0.29, 0.717) is 61.2 Å². The topological polar surface area (TPSA) is 49.9 Å². The van der Waals surface area contributed by atoms with Gasteiger partial charge in [-0.3, -0.25) is 9.59 Å². The van der Waals surface area contributed by atoms with E-state index in [1.165, 1.54) is 5.56 Å². The molecule has 1 aliphatic heterocycles. The average Bonchev–Trinajstić information content (AvgIpc) is 2.74. The number of carbonyl (C=O) groups is 2. The van der Waals surface area contributed by atoms with Crippen molar-refractivity contribution < 1.29 is 14.3 Å². The van der Waals surface area contributed by atoms with Gasteiger partial charge in [0, 0.05) is 38.2 Å². The van der Waals surface area contributed by atoms with Gasteiger partial charge in [0.1, 0.15) is 5.75 Å². The summed E-state index contributed by atoms with van der Waals surface area (Å²) < 4.78 is 5.67. The molecule has 2 aromatic rings. The van der Waals surface area contributed by atoms with Gasteiger partial charge in [0.25, 0.3) is 5.91 Å². The first-order valence-corrected chi connectivity index (χ1v) is 10.4. The molecule has 2 aromatic carbocycles. The first-order chi connectivity index (χ1) is 13.9. The van der Waals surface area contributed by atoms with Gasteiger partial charge in [0.2, 0.25) is 5.91 Å². The lowest BCUT2D eigenvalue weighted by Gasteiger charge is -2.35. The van der Waals surface area contributed by atoms with E-state index in [4.69, 9.17) is 27.9 Å². The molecule has 3 rings (SSSR count). The van der Waals surface area contributed by atoms with Crippen molar-refractivity contribution in [3.05, 3.63) is 63.6 Å². The van der Waals surface area contributed by atoms with Crippen LogP contribution in [0.2, 0.25) is 10.0 Å². The molecule has 0 aliphatic carbocycles. The van der Waals surface area contributed by atoms with Crippen LogP contribution in [0.25, 0.3) is 0 Å². The maximum atomic E-state index is 12.6. The molecule has 5 nitrogen and oxygen atoms in total.